The summed E-state index contributed by atoms with van der Waals surface area (Å²) >= 11 is 1.90. The fourth-order valence-electron chi connectivity index (χ4n) is 1.54. The van der Waals surface area contributed by atoms with Gasteiger partial charge in [-0.25, -0.2) is 0 Å². The summed E-state index contributed by atoms with van der Waals surface area (Å²) in [7, 11) is 2.18. The number of fused-ring (bicyclic) bond motifs is 1. The van der Waals surface area contributed by atoms with E-state index >= 15 is 0 Å². The van der Waals surface area contributed by atoms with E-state index < -0.39 is 0 Å². The Morgan fingerprint density at radius 1 is 1.27 bits per heavy atom. The highest BCUT2D eigenvalue weighted by atomic mass is 32.1. The molecule has 0 saturated carbocycles. The molecule has 0 saturated heterocycles. The Bertz CT molecular complexity index is 411. The van der Waals surface area contributed by atoms with Crippen molar-refractivity contribution in [1.29, 1.82) is 0 Å². The van der Waals surface area contributed by atoms with Gasteiger partial charge in [0.1, 0.15) is 0 Å². The first-order valence-electron chi connectivity index (χ1n) is 5.34. The van der Waals surface area contributed by atoms with Gasteiger partial charge in [0.25, 0.3) is 0 Å². The second kappa shape index (κ2) is 4.33. The molecule has 2 aromatic rings. The van der Waals surface area contributed by atoms with E-state index in [1.54, 1.807) is 0 Å². The Balaban J connectivity index is 2.22. The van der Waals surface area contributed by atoms with Crippen molar-refractivity contribution < 1.29 is 0 Å². The number of hydrogen-bond acceptors (Lipinski definition) is 2. The molecule has 0 aliphatic carbocycles. The van der Waals surface area contributed by atoms with Crippen LogP contribution in [0.1, 0.15) is 18.7 Å². The number of nitrogens with zero attached hydrogens (tertiary/aromatic N) is 1. The minimum atomic E-state index is 0.607. The molecule has 0 N–H and O–H groups in total. The van der Waals surface area contributed by atoms with Crippen molar-refractivity contribution in [3.05, 3.63) is 35.2 Å². The van der Waals surface area contributed by atoms with Gasteiger partial charge in [-0.15, -0.1) is 11.3 Å². The highest BCUT2D eigenvalue weighted by Gasteiger charge is 2.06. The number of benzene rings is 1. The van der Waals surface area contributed by atoms with Gasteiger partial charge in [0, 0.05) is 22.2 Å². The summed E-state index contributed by atoms with van der Waals surface area (Å²) in [5, 5.41) is 1.37. The molecule has 1 heterocycles. The summed E-state index contributed by atoms with van der Waals surface area (Å²) in [5.74, 6) is 0. The summed E-state index contributed by atoms with van der Waals surface area (Å²) in [5.41, 5.74) is 0. The van der Waals surface area contributed by atoms with E-state index in [4.69, 9.17) is 0 Å². The van der Waals surface area contributed by atoms with Crippen molar-refractivity contribution in [2.75, 3.05) is 7.05 Å². The van der Waals surface area contributed by atoms with Crippen LogP contribution in [0.5, 0.6) is 0 Å². The van der Waals surface area contributed by atoms with E-state index in [-0.39, 0.29) is 0 Å². The average Bonchev–Trinajstić information content (AvgIpc) is 2.59. The standard InChI is InChI=1S/C13H17NS/c1-10(2)14(3)9-12-8-11-6-4-5-7-13(11)15-12/h4-8,10H,9H2,1-3H3. The van der Waals surface area contributed by atoms with Crippen LogP contribution in [0, 0.1) is 0 Å². The summed E-state index contributed by atoms with van der Waals surface area (Å²) in [4.78, 5) is 3.82. The molecule has 1 nitrogen and oxygen atoms in total. The molecule has 0 unspecified atom stereocenters. The van der Waals surface area contributed by atoms with Gasteiger partial charge in [0.05, 0.1) is 0 Å². The Hall–Kier alpha value is -0.860. The van der Waals surface area contributed by atoms with Crippen LogP contribution in [0.4, 0.5) is 0 Å². The maximum Gasteiger partial charge on any atom is 0.0346 e. The monoisotopic (exact) mass is 219 g/mol. The summed E-state index contributed by atoms with van der Waals surface area (Å²) in [6.45, 7) is 5.51. The lowest BCUT2D eigenvalue weighted by Gasteiger charge is -2.19. The van der Waals surface area contributed by atoms with Crippen molar-refractivity contribution in [3.8, 4) is 0 Å². The van der Waals surface area contributed by atoms with E-state index in [0.717, 1.165) is 6.54 Å². The smallest absolute Gasteiger partial charge is 0.0346 e. The lowest BCUT2D eigenvalue weighted by molar-refractivity contribution is 0.268. The molecule has 0 bridgehead atoms. The van der Waals surface area contributed by atoms with Gasteiger partial charge in [-0.2, -0.15) is 0 Å². The fourth-order valence-corrected chi connectivity index (χ4v) is 2.67. The van der Waals surface area contributed by atoms with Crippen LogP contribution in [-0.4, -0.2) is 18.0 Å². The molecule has 1 aromatic heterocycles. The van der Waals surface area contributed by atoms with E-state index in [0.29, 0.717) is 6.04 Å². The molecule has 0 spiro atoms. The van der Waals surface area contributed by atoms with Crippen LogP contribution in [0.3, 0.4) is 0 Å². The van der Waals surface area contributed by atoms with Crippen molar-refractivity contribution in [2.24, 2.45) is 0 Å². The van der Waals surface area contributed by atoms with E-state index in [1.165, 1.54) is 15.0 Å². The highest BCUT2D eigenvalue weighted by Crippen LogP contribution is 2.26. The zero-order valence-corrected chi connectivity index (χ0v) is 10.3. The topological polar surface area (TPSA) is 3.24 Å². The maximum atomic E-state index is 2.37. The predicted molar refractivity (Wildman–Crippen MR) is 68.4 cm³/mol. The molecular weight excluding hydrogens is 202 g/mol. The van der Waals surface area contributed by atoms with Gasteiger partial charge in [0.15, 0.2) is 0 Å². The highest BCUT2D eigenvalue weighted by molar-refractivity contribution is 7.19. The third kappa shape index (κ3) is 2.39. The van der Waals surface area contributed by atoms with E-state index in [9.17, 15) is 0 Å². The number of hydrogen-bond donors (Lipinski definition) is 0. The minimum Gasteiger partial charge on any atom is -0.299 e. The largest absolute Gasteiger partial charge is 0.299 e. The van der Waals surface area contributed by atoms with Gasteiger partial charge >= 0.3 is 0 Å². The van der Waals surface area contributed by atoms with Crippen LogP contribution >= 0.6 is 11.3 Å². The fraction of sp³-hybridized carbons (Fsp3) is 0.385. The van der Waals surface area contributed by atoms with Crippen LogP contribution in [0.2, 0.25) is 0 Å². The van der Waals surface area contributed by atoms with Crippen molar-refractivity contribution in [2.45, 2.75) is 26.4 Å². The van der Waals surface area contributed by atoms with Crippen LogP contribution in [-0.2, 0) is 6.54 Å². The van der Waals surface area contributed by atoms with Crippen molar-refractivity contribution in [1.82, 2.24) is 4.90 Å². The molecule has 0 aliphatic rings. The van der Waals surface area contributed by atoms with Gasteiger partial charge in [-0.1, -0.05) is 18.2 Å². The van der Waals surface area contributed by atoms with Gasteiger partial charge in [0.2, 0.25) is 0 Å². The van der Waals surface area contributed by atoms with Crippen molar-refractivity contribution >= 4 is 21.4 Å². The predicted octanol–water partition coefficient (Wildman–Crippen LogP) is 3.74. The molecule has 15 heavy (non-hydrogen) atoms. The Kier molecular flexibility index (Phi) is 3.08. The summed E-state index contributed by atoms with van der Waals surface area (Å²) in [6.07, 6.45) is 0. The first kappa shape index (κ1) is 10.7. The van der Waals surface area contributed by atoms with Crippen LogP contribution < -0.4 is 0 Å². The number of rotatable bonds is 3. The third-order valence-corrected chi connectivity index (χ3v) is 3.86. The van der Waals surface area contributed by atoms with Gasteiger partial charge in [-0.3, -0.25) is 4.90 Å². The molecular formula is C13H17NS. The Labute approximate surface area is 95.3 Å². The zero-order chi connectivity index (χ0) is 10.8. The molecule has 0 aliphatic heterocycles. The normalized spacial score (nSPS) is 11.8. The summed E-state index contributed by atoms with van der Waals surface area (Å²) in [6, 6.07) is 11.5. The zero-order valence-electron chi connectivity index (χ0n) is 9.53. The molecule has 1 aromatic carbocycles. The Morgan fingerprint density at radius 3 is 2.67 bits per heavy atom. The molecule has 2 rings (SSSR count). The molecule has 0 amide bonds. The first-order valence-corrected chi connectivity index (χ1v) is 6.16. The van der Waals surface area contributed by atoms with E-state index in [1.807, 2.05) is 11.3 Å². The molecule has 2 heteroatoms. The molecule has 0 fully saturated rings. The molecule has 0 atom stereocenters. The van der Waals surface area contributed by atoms with Gasteiger partial charge in [-0.05, 0) is 38.4 Å². The first-order chi connectivity index (χ1) is 7.16. The van der Waals surface area contributed by atoms with Crippen LogP contribution in [0.15, 0.2) is 30.3 Å². The average molecular weight is 219 g/mol. The second-order valence-electron chi connectivity index (χ2n) is 4.26. The van der Waals surface area contributed by atoms with E-state index in [2.05, 4.69) is 56.1 Å². The quantitative estimate of drug-likeness (QED) is 0.760. The Morgan fingerprint density at radius 2 is 2.00 bits per heavy atom. The molecule has 0 radical (unpaired) electrons. The number of thiophene rings is 1. The SMILES string of the molecule is CC(C)N(C)Cc1cc2ccccc2s1. The second-order valence-corrected chi connectivity index (χ2v) is 5.43. The molecule has 80 valence electrons. The minimum absolute atomic E-state index is 0.607. The lowest BCUT2D eigenvalue weighted by Crippen LogP contribution is -2.24. The summed E-state index contributed by atoms with van der Waals surface area (Å²) < 4.78 is 1.39. The lowest BCUT2D eigenvalue weighted by atomic mass is 10.2. The van der Waals surface area contributed by atoms with Crippen molar-refractivity contribution in [3.63, 3.8) is 0 Å². The van der Waals surface area contributed by atoms with Gasteiger partial charge < -0.3 is 0 Å². The van der Waals surface area contributed by atoms with Crippen LogP contribution in [0.25, 0.3) is 10.1 Å². The third-order valence-electron chi connectivity index (χ3n) is 2.76. The maximum absolute atomic E-state index is 2.37.